The first-order chi connectivity index (χ1) is 4.90. The van der Waals surface area contributed by atoms with Crippen molar-refractivity contribution in [2.45, 2.75) is 5.50 Å². The van der Waals surface area contributed by atoms with E-state index in [-0.39, 0.29) is 6.47 Å². The van der Waals surface area contributed by atoms with Gasteiger partial charge in [0.2, 0.25) is 0 Å². The summed E-state index contributed by atoms with van der Waals surface area (Å²) in [6, 6.07) is 0. The van der Waals surface area contributed by atoms with E-state index in [9.17, 15) is 8.42 Å². The van der Waals surface area contributed by atoms with Crippen molar-refractivity contribution in [2.75, 3.05) is 7.05 Å². The molecule has 0 aliphatic rings. The first kappa shape index (κ1) is 12.9. The van der Waals surface area contributed by atoms with Gasteiger partial charge >= 0.3 is 0 Å². The van der Waals surface area contributed by atoms with Crippen LogP contribution in [0.5, 0.6) is 0 Å². The summed E-state index contributed by atoms with van der Waals surface area (Å²) in [6.45, 7) is -0.250. The van der Waals surface area contributed by atoms with E-state index in [1.807, 2.05) is 0 Å². The second-order valence-corrected chi connectivity index (χ2v) is 2.87. The van der Waals surface area contributed by atoms with Crippen LogP contribution in [0.4, 0.5) is 0 Å². The summed E-state index contributed by atoms with van der Waals surface area (Å²) in [6.07, 6.45) is 0. The van der Waals surface area contributed by atoms with Crippen molar-refractivity contribution in [1.82, 2.24) is 5.32 Å². The number of carbonyl (C=O) groups is 1. The number of nitrogens with two attached hydrogens (primary N) is 1. The Morgan fingerprint density at radius 1 is 1.64 bits per heavy atom. The molecule has 0 aliphatic carbocycles. The minimum atomic E-state index is -4.09. The van der Waals surface area contributed by atoms with Crippen molar-refractivity contribution in [3.63, 3.8) is 0 Å². The summed E-state index contributed by atoms with van der Waals surface area (Å²) < 4.78 is 27.9. The van der Waals surface area contributed by atoms with Crippen molar-refractivity contribution in [2.24, 2.45) is 5.73 Å². The van der Waals surface area contributed by atoms with E-state index in [1.165, 1.54) is 7.05 Å². The Labute approximate surface area is 63.9 Å². The van der Waals surface area contributed by atoms with Gasteiger partial charge in [0.1, 0.15) is 0 Å². The third-order valence-electron chi connectivity index (χ3n) is 0.605. The topological polar surface area (TPSA) is 130 Å². The van der Waals surface area contributed by atoms with E-state index in [2.05, 4.69) is 5.32 Å². The second-order valence-electron chi connectivity index (χ2n) is 1.33. The monoisotopic (exact) mass is 186 g/mol. The van der Waals surface area contributed by atoms with Gasteiger partial charge in [-0.2, -0.15) is 8.42 Å². The fourth-order valence-electron chi connectivity index (χ4n) is 0.149. The molecule has 0 aromatic heterocycles. The van der Waals surface area contributed by atoms with Gasteiger partial charge in [-0.15, -0.1) is 0 Å². The minimum absolute atomic E-state index is 0.250. The van der Waals surface area contributed by atoms with Crippen molar-refractivity contribution < 1.29 is 22.9 Å². The van der Waals surface area contributed by atoms with Crippen LogP contribution in [0, 0.1) is 0 Å². The summed E-state index contributed by atoms with van der Waals surface area (Å²) in [5.41, 5.74) is 3.43. The molecule has 0 heterocycles. The molecule has 0 saturated carbocycles. The Bertz CT molecular complexity index is 188. The molecule has 0 saturated heterocycles. The highest BCUT2D eigenvalue weighted by Gasteiger charge is 2.13. The molecule has 8 heteroatoms. The number of rotatable bonds is 2. The van der Waals surface area contributed by atoms with Gasteiger partial charge in [0, 0.05) is 0 Å². The minimum Gasteiger partial charge on any atom is -0.483 e. The van der Waals surface area contributed by atoms with Crippen molar-refractivity contribution in [3.05, 3.63) is 0 Å². The van der Waals surface area contributed by atoms with Crippen LogP contribution >= 0.6 is 0 Å². The zero-order valence-corrected chi connectivity index (χ0v) is 6.58. The van der Waals surface area contributed by atoms with E-state index in [1.54, 1.807) is 0 Å². The van der Waals surface area contributed by atoms with E-state index in [0.717, 1.165) is 0 Å². The first-order valence-corrected chi connectivity index (χ1v) is 3.87. The van der Waals surface area contributed by atoms with Gasteiger partial charge in [-0.25, -0.2) is 0 Å². The molecule has 0 spiro atoms. The standard InChI is InChI=1S/C2H8N2O3S.CH2O2/c1-4-2(3)8(5,6)7;2-1-3/h2,4H,3H2,1H3,(H,5,6,7);1H,(H,2,3). The van der Waals surface area contributed by atoms with Crippen LogP contribution in [0.25, 0.3) is 0 Å². The quantitative estimate of drug-likeness (QED) is 0.224. The molecule has 5 N–H and O–H groups in total. The molecule has 0 aromatic carbocycles. The molecule has 0 fully saturated rings. The molecule has 1 atom stereocenters. The molecule has 68 valence electrons. The summed E-state index contributed by atoms with van der Waals surface area (Å²) >= 11 is 0. The zero-order valence-electron chi connectivity index (χ0n) is 5.76. The Morgan fingerprint density at radius 3 is 1.91 bits per heavy atom. The number of nitrogens with one attached hydrogen (secondary N) is 1. The zero-order chi connectivity index (χ0) is 9.49. The Morgan fingerprint density at radius 2 is 1.91 bits per heavy atom. The van der Waals surface area contributed by atoms with Gasteiger partial charge in [0.05, 0.1) is 0 Å². The molecular weight excluding hydrogens is 176 g/mol. The Hall–Kier alpha value is -0.700. The first-order valence-electron chi connectivity index (χ1n) is 2.37. The van der Waals surface area contributed by atoms with E-state index in [0.29, 0.717) is 0 Å². The fraction of sp³-hybridized carbons (Fsp3) is 0.667. The van der Waals surface area contributed by atoms with Crippen LogP contribution in [0.2, 0.25) is 0 Å². The average Bonchev–Trinajstić information content (AvgIpc) is 1.86. The van der Waals surface area contributed by atoms with Gasteiger partial charge in [0.25, 0.3) is 16.6 Å². The highest BCUT2D eigenvalue weighted by atomic mass is 32.2. The van der Waals surface area contributed by atoms with Crippen LogP contribution in [-0.4, -0.2) is 37.1 Å². The molecule has 7 nitrogen and oxygen atoms in total. The largest absolute Gasteiger partial charge is 0.483 e. The lowest BCUT2D eigenvalue weighted by Crippen LogP contribution is -2.41. The van der Waals surface area contributed by atoms with Gasteiger partial charge in [0.15, 0.2) is 5.50 Å². The lowest BCUT2D eigenvalue weighted by Gasteiger charge is -2.03. The molecular formula is C3H10N2O5S. The van der Waals surface area contributed by atoms with Crippen LogP contribution in [0.3, 0.4) is 0 Å². The maximum atomic E-state index is 9.93. The van der Waals surface area contributed by atoms with E-state index < -0.39 is 15.6 Å². The molecule has 0 aromatic rings. The third kappa shape index (κ3) is 9.30. The average molecular weight is 186 g/mol. The van der Waals surface area contributed by atoms with Gasteiger partial charge < -0.3 is 10.8 Å². The fourth-order valence-corrected chi connectivity index (χ4v) is 0.447. The summed E-state index contributed by atoms with van der Waals surface area (Å²) in [4.78, 5) is 8.36. The van der Waals surface area contributed by atoms with Crippen LogP contribution < -0.4 is 11.1 Å². The van der Waals surface area contributed by atoms with E-state index in [4.69, 9.17) is 20.2 Å². The van der Waals surface area contributed by atoms with Gasteiger partial charge in [-0.1, -0.05) is 0 Å². The molecule has 0 amide bonds. The number of carboxylic acid groups (broad SMARTS) is 1. The van der Waals surface area contributed by atoms with Crippen LogP contribution in [-0.2, 0) is 14.9 Å². The Kier molecular flexibility index (Phi) is 7.10. The van der Waals surface area contributed by atoms with Gasteiger partial charge in [-0.3, -0.25) is 14.7 Å². The number of hydrogen-bond acceptors (Lipinski definition) is 5. The SMILES string of the molecule is CNC(N)S(=O)(=O)O.O=CO. The summed E-state index contributed by atoms with van der Waals surface area (Å²) in [5.74, 6) is 0. The maximum Gasteiger partial charge on any atom is 0.294 e. The van der Waals surface area contributed by atoms with Crippen LogP contribution in [0.1, 0.15) is 0 Å². The molecule has 0 bridgehead atoms. The highest BCUT2D eigenvalue weighted by molar-refractivity contribution is 7.86. The molecule has 0 radical (unpaired) electrons. The molecule has 0 rings (SSSR count). The third-order valence-corrected chi connectivity index (χ3v) is 1.48. The van der Waals surface area contributed by atoms with E-state index >= 15 is 0 Å². The van der Waals surface area contributed by atoms with Crippen molar-refractivity contribution in [3.8, 4) is 0 Å². The van der Waals surface area contributed by atoms with Crippen molar-refractivity contribution in [1.29, 1.82) is 0 Å². The highest BCUT2D eigenvalue weighted by Crippen LogP contribution is 1.81. The smallest absolute Gasteiger partial charge is 0.294 e. The summed E-state index contributed by atoms with van der Waals surface area (Å²) in [5, 5.41) is 9.03. The van der Waals surface area contributed by atoms with Crippen molar-refractivity contribution >= 4 is 16.6 Å². The maximum absolute atomic E-state index is 9.93. The van der Waals surface area contributed by atoms with Crippen LogP contribution in [0.15, 0.2) is 0 Å². The number of hydrogen-bond donors (Lipinski definition) is 4. The molecule has 0 aliphatic heterocycles. The molecule has 1 unspecified atom stereocenters. The second kappa shape index (κ2) is 6.04. The lowest BCUT2D eigenvalue weighted by atomic mass is 11.1. The lowest BCUT2D eigenvalue weighted by molar-refractivity contribution is -0.122. The normalized spacial score (nSPS) is 12.6. The predicted molar refractivity (Wildman–Crippen MR) is 37.3 cm³/mol. The van der Waals surface area contributed by atoms with Gasteiger partial charge in [-0.05, 0) is 7.05 Å². The summed E-state index contributed by atoms with van der Waals surface area (Å²) in [7, 11) is -2.75. The Balaban J connectivity index is 0. The molecule has 11 heavy (non-hydrogen) atoms. The predicted octanol–water partition coefficient (Wildman–Crippen LogP) is -1.96.